The minimum Gasteiger partial charge on any atom is -0.477 e. The van der Waals surface area contributed by atoms with Crippen LogP contribution >= 0.6 is 22.9 Å². The number of hydrogen-bond acceptors (Lipinski definition) is 4. The Kier molecular flexibility index (Phi) is 3.31. The Labute approximate surface area is 106 Å². The fourth-order valence-corrected chi connectivity index (χ4v) is 2.21. The maximum Gasteiger partial charge on any atom is 0.349 e. The minimum atomic E-state index is -1.10. The van der Waals surface area contributed by atoms with Crippen LogP contribution in [0.15, 0.2) is 24.3 Å². The van der Waals surface area contributed by atoms with Gasteiger partial charge in [0.2, 0.25) is 0 Å². The smallest absolute Gasteiger partial charge is 0.349 e. The Morgan fingerprint density at radius 1 is 1.47 bits per heavy atom. The number of thiazole rings is 1. The summed E-state index contributed by atoms with van der Waals surface area (Å²) < 4.78 is 5.48. The van der Waals surface area contributed by atoms with Crippen LogP contribution < -0.4 is 4.74 Å². The lowest BCUT2D eigenvalue weighted by molar-refractivity contribution is 0.0702. The van der Waals surface area contributed by atoms with Crippen molar-refractivity contribution in [3.63, 3.8) is 0 Å². The van der Waals surface area contributed by atoms with E-state index in [2.05, 4.69) is 4.98 Å². The van der Waals surface area contributed by atoms with Crippen LogP contribution in [0.5, 0.6) is 10.9 Å². The third kappa shape index (κ3) is 2.57. The number of aromatic carboxylic acids is 1. The number of carbonyl (C=O) groups is 1. The first-order valence-electron chi connectivity index (χ1n) is 4.71. The third-order valence-electron chi connectivity index (χ3n) is 2.05. The topological polar surface area (TPSA) is 59.4 Å². The predicted octanol–water partition coefficient (Wildman–Crippen LogP) is 3.60. The van der Waals surface area contributed by atoms with E-state index in [-0.39, 0.29) is 15.2 Å². The normalized spacial score (nSPS) is 10.2. The molecule has 17 heavy (non-hydrogen) atoms. The summed E-state index contributed by atoms with van der Waals surface area (Å²) in [5.41, 5.74) is 0.940. The van der Waals surface area contributed by atoms with E-state index < -0.39 is 5.97 Å². The fourth-order valence-electron chi connectivity index (χ4n) is 1.22. The number of halogens is 1. The molecule has 1 aromatic carbocycles. The van der Waals surface area contributed by atoms with Gasteiger partial charge in [0.25, 0.3) is 5.19 Å². The molecule has 0 radical (unpaired) electrons. The first kappa shape index (κ1) is 11.9. The highest BCUT2D eigenvalue weighted by Gasteiger charge is 2.17. The highest BCUT2D eigenvalue weighted by molar-refractivity contribution is 7.15. The number of para-hydroxylation sites is 1. The zero-order chi connectivity index (χ0) is 12.4. The van der Waals surface area contributed by atoms with Gasteiger partial charge in [-0.1, -0.05) is 41.1 Å². The molecule has 0 saturated carbocycles. The van der Waals surface area contributed by atoms with Crippen LogP contribution in [0.25, 0.3) is 0 Å². The monoisotopic (exact) mass is 269 g/mol. The predicted molar refractivity (Wildman–Crippen MR) is 65.3 cm³/mol. The number of aromatic nitrogens is 1. The lowest BCUT2D eigenvalue weighted by Gasteiger charge is -2.03. The number of nitrogens with zero attached hydrogens (tertiary/aromatic N) is 1. The third-order valence-corrected chi connectivity index (χ3v) is 3.36. The Morgan fingerprint density at radius 2 is 2.18 bits per heavy atom. The molecular weight excluding hydrogens is 262 g/mol. The van der Waals surface area contributed by atoms with E-state index in [1.54, 1.807) is 6.07 Å². The van der Waals surface area contributed by atoms with Crippen molar-refractivity contribution in [2.45, 2.75) is 6.92 Å². The van der Waals surface area contributed by atoms with Crippen LogP contribution in [-0.2, 0) is 0 Å². The van der Waals surface area contributed by atoms with Crippen molar-refractivity contribution in [3.05, 3.63) is 39.9 Å². The molecule has 0 spiro atoms. The number of carboxylic acid groups (broad SMARTS) is 1. The second-order valence-corrected chi connectivity index (χ2v) is 4.59. The van der Waals surface area contributed by atoms with Crippen molar-refractivity contribution in [2.24, 2.45) is 0 Å². The molecule has 0 unspecified atom stereocenters. The number of ether oxygens (including phenoxy) is 1. The number of carboxylic acids is 1. The summed E-state index contributed by atoms with van der Waals surface area (Å²) in [6.45, 7) is 1.89. The first-order chi connectivity index (χ1) is 8.08. The zero-order valence-electron chi connectivity index (χ0n) is 8.81. The molecule has 1 aromatic heterocycles. The van der Waals surface area contributed by atoms with E-state index in [0.717, 1.165) is 16.9 Å². The van der Waals surface area contributed by atoms with E-state index in [9.17, 15) is 4.79 Å². The van der Waals surface area contributed by atoms with Crippen LogP contribution in [-0.4, -0.2) is 16.1 Å². The fraction of sp³-hybridized carbons (Fsp3) is 0.0909. The lowest BCUT2D eigenvalue weighted by Crippen LogP contribution is -1.91. The van der Waals surface area contributed by atoms with Gasteiger partial charge in [-0.05, 0) is 18.6 Å². The van der Waals surface area contributed by atoms with Crippen LogP contribution in [0.3, 0.4) is 0 Å². The Morgan fingerprint density at radius 3 is 2.76 bits per heavy atom. The van der Waals surface area contributed by atoms with E-state index in [0.29, 0.717) is 5.75 Å². The van der Waals surface area contributed by atoms with Gasteiger partial charge in [-0.15, -0.1) is 0 Å². The van der Waals surface area contributed by atoms with E-state index >= 15 is 0 Å². The van der Waals surface area contributed by atoms with Gasteiger partial charge < -0.3 is 9.84 Å². The van der Waals surface area contributed by atoms with Crippen LogP contribution in [0, 0.1) is 6.92 Å². The molecule has 0 aliphatic rings. The van der Waals surface area contributed by atoms with Crippen molar-refractivity contribution >= 4 is 28.9 Å². The summed E-state index contributed by atoms with van der Waals surface area (Å²) in [4.78, 5) is 14.6. The standard InChI is InChI=1S/C11H8ClNO3S/c1-6-4-2-3-5-7(6)16-11-13-9(12)8(17-11)10(14)15/h2-5H,1H3,(H,14,15). The van der Waals surface area contributed by atoms with Crippen LogP contribution in [0.4, 0.5) is 0 Å². The summed E-state index contributed by atoms with van der Waals surface area (Å²) in [6.07, 6.45) is 0. The zero-order valence-corrected chi connectivity index (χ0v) is 10.4. The van der Waals surface area contributed by atoms with Gasteiger partial charge in [-0.3, -0.25) is 0 Å². The van der Waals surface area contributed by atoms with Gasteiger partial charge in [-0.2, -0.15) is 4.98 Å². The molecule has 1 heterocycles. The van der Waals surface area contributed by atoms with Crippen molar-refractivity contribution in [2.75, 3.05) is 0 Å². The molecule has 0 bridgehead atoms. The molecule has 88 valence electrons. The molecular formula is C11H8ClNO3S. The van der Waals surface area contributed by atoms with Crippen molar-refractivity contribution in [3.8, 4) is 10.9 Å². The van der Waals surface area contributed by atoms with Gasteiger partial charge in [0.15, 0.2) is 10.0 Å². The second-order valence-electron chi connectivity index (χ2n) is 3.27. The van der Waals surface area contributed by atoms with E-state index in [1.165, 1.54) is 0 Å². The summed E-state index contributed by atoms with van der Waals surface area (Å²) in [6, 6.07) is 7.39. The molecule has 6 heteroatoms. The Hall–Kier alpha value is -1.59. The van der Waals surface area contributed by atoms with E-state index in [1.807, 2.05) is 25.1 Å². The summed E-state index contributed by atoms with van der Waals surface area (Å²) in [5.74, 6) is -0.470. The summed E-state index contributed by atoms with van der Waals surface area (Å²) in [5, 5.41) is 9.00. The van der Waals surface area contributed by atoms with Gasteiger partial charge in [0.1, 0.15) is 5.75 Å². The lowest BCUT2D eigenvalue weighted by atomic mass is 10.2. The first-order valence-corrected chi connectivity index (χ1v) is 5.90. The molecule has 0 atom stereocenters. The molecule has 0 fully saturated rings. The number of hydrogen-bond donors (Lipinski definition) is 1. The van der Waals surface area contributed by atoms with E-state index in [4.69, 9.17) is 21.4 Å². The molecule has 1 N–H and O–H groups in total. The molecule has 0 saturated heterocycles. The van der Waals surface area contributed by atoms with Crippen LogP contribution in [0.1, 0.15) is 15.2 Å². The van der Waals surface area contributed by atoms with Crippen LogP contribution in [0.2, 0.25) is 5.15 Å². The quantitative estimate of drug-likeness (QED) is 0.925. The number of benzene rings is 1. The van der Waals surface area contributed by atoms with Gasteiger partial charge >= 0.3 is 5.97 Å². The molecule has 0 aliphatic carbocycles. The SMILES string of the molecule is Cc1ccccc1Oc1nc(Cl)c(C(=O)O)s1. The molecule has 0 aliphatic heterocycles. The average Bonchev–Trinajstić information content (AvgIpc) is 2.63. The Bertz CT molecular complexity index is 568. The van der Waals surface area contributed by atoms with Crippen molar-refractivity contribution in [1.82, 2.24) is 4.98 Å². The second kappa shape index (κ2) is 4.73. The van der Waals surface area contributed by atoms with Gasteiger partial charge in [0, 0.05) is 0 Å². The average molecular weight is 270 g/mol. The number of aryl methyl sites for hydroxylation is 1. The molecule has 0 amide bonds. The molecule has 4 nitrogen and oxygen atoms in total. The summed E-state index contributed by atoms with van der Waals surface area (Å²) >= 11 is 6.59. The Balaban J connectivity index is 2.28. The maximum absolute atomic E-state index is 10.8. The molecule has 2 aromatic rings. The largest absolute Gasteiger partial charge is 0.477 e. The number of rotatable bonds is 3. The maximum atomic E-state index is 10.8. The van der Waals surface area contributed by atoms with Gasteiger partial charge in [-0.25, -0.2) is 4.79 Å². The van der Waals surface area contributed by atoms with Crippen molar-refractivity contribution in [1.29, 1.82) is 0 Å². The van der Waals surface area contributed by atoms with Gasteiger partial charge in [0.05, 0.1) is 0 Å². The minimum absolute atomic E-state index is 0.0183. The van der Waals surface area contributed by atoms with Crippen molar-refractivity contribution < 1.29 is 14.6 Å². The molecule has 2 rings (SSSR count). The summed E-state index contributed by atoms with van der Waals surface area (Å²) in [7, 11) is 0. The highest BCUT2D eigenvalue weighted by atomic mass is 35.5. The highest BCUT2D eigenvalue weighted by Crippen LogP contribution is 2.32.